The molecule has 4 nitrogen and oxygen atoms in total. The van der Waals surface area contributed by atoms with Crippen LogP contribution in [0.2, 0.25) is 0 Å². The van der Waals surface area contributed by atoms with Crippen molar-refractivity contribution in [2.24, 2.45) is 22.7 Å². The van der Waals surface area contributed by atoms with Gasteiger partial charge in [0, 0.05) is 35.3 Å². The van der Waals surface area contributed by atoms with Crippen LogP contribution in [0.3, 0.4) is 0 Å². The van der Waals surface area contributed by atoms with Gasteiger partial charge < -0.3 is 10.1 Å². The van der Waals surface area contributed by atoms with Crippen molar-refractivity contribution in [2.75, 3.05) is 0 Å². The third kappa shape index (κ3) is 2.49. The maximum Gasteiger partial charge on any atom is 0.417 e. The number of hydrogen-bond acceptors (Lipinski definition) is 3. The number of alkyl halides is 3. The number of rotatable bonds is 0. The van der Waals surface area contributed by atoms with Gasteiger partial charge in [0.15, 0.2) is 0 Å². The molecule has 4 aliphatic rings. The minimum absolute atomic E-state index is 0.0152. The van der Waals surface area contributed by atoms with Gasteiger partial charge in [0.25, 0.3) is 5.91 Å². The second-order valence-electron chi connectivity index (χ2n) is 10.7. The number of halogens is 3. The number of benzene rings is 1. The molecule has 168 valence electrons. The number of nitrogens with one attached hydrogen (secondary N) is 1. The van der Waals surface area contributed by atoms with Crippen LogP contribution in [0.4, 0.5) is 13.2 Å². The lowest BCUT2D eigenvalue weighted by molar-refractivity contribution is -0.208. The molecule has 2 aliphatic heterocycles. The van der Waals surface area contributed by atoms with Crippen molar-refractivity contribution in [1.29, 1.82) is 0 Å². The molecule has 5 rings (SSSR count). The van der Waals surface area contributed by atoms with Crippen LogP contribution in [-0.2, 0) is 23.9 Å². The van der Waals surface area contributed by atoms with E-state index in [4.69, 9.17) is 4.74 Å². The predicted molar refractivity (Wildman–Crippen MR) is 108 cm³/mol. The van der Waals surface area contributed by atoms with E-state index in [0.29, 0.717) is 36.1 Å². The Bertz CT molecular complexity index is 1010. The van der Waals surface area contributed by atoms with Gasteiger partial charge in [-0.1, -0.05) is 27.7 Å². The van der Waals surface area contributed by atoms with Crippen LogP contribution < -0.4 is 10.1 Å². The first-order chi connectivity index (χ1) is 14.3. The molecule has 1 N–H and O–H groups in total. The van der Waals surface area contributed by atoms with E-state index in [0.717, 1.165) is 18.9 Å². The maximum absolute atomic E-state index is 13.8. The van der Waals surface area contributed by atoms with E-state index in [1.807, 2.05) is 13.8 Å². The fraction of sp³-hybridized carbons (Fsp3) is 0.667. The highest BCUT2D eigenvalue weighted by atomic mass is 19.4. The van der Waals surface area contributed by atoms with Crippen LogP contribution in [0, 0.1) is 22.7 Å². The zero-order valence-corrected chi connectivity index (χ0v) is 18.3. The second kappa shape index (κ2) is 6.04. The predicted octanol–water partition coefficient (Wildman–Crippen LogP) is 5.06. The van der Waals surface area contributed by atoms with E-state index < -0.39 is 34.1 Å². The lowest BCUT2D eigenvalue weighted by atomic mass is 9.44. The Balaban J connectivity index is 1.75. The van der Waals surface area contributed by atoms with Crippen LogP contribution in [0.5, 0.6) is 5.75 Å². The van der Waals surface area contributed by atoms with E-state index in [9.17, 15) is 22.8 Å². The topological polar surface area (TPSA) is 55.4 Å². The molecule has 1 spiro atoms. The van der Waals surface area contributed by atoms with Gasteiger partial charge in [-0.2, -0.15) is 13.2 Å². The Morgan fingerprint density at radius 1 is 1.16 bits per heavy atom. The monoisotopic (exact) mass is 435 g/mol. The van der Waals surface area contributed by atoms with Gasteiger partial charge in [0.1, 0.15) is 17.1 Å². The molecule has 1 aromatic rings. The molecule has 7 heteroatoms. The summed E-state index contributed by atoms with van der Waals surface area (Å²) in [4.78, 5) is 25.2. The number of ether oxygens (including phenoxy) is 1. The van der Waals surface area contributed by atoms with Crippen molar-refractivity contribution >= 4 is 11.7 Å². The van der Waals surface area contributed by atoms with Crippen LogP contribution in [0.15, 0.2) is 6.07 Å². The summed E-state index contributed by atoms with van der Waals surface area (Å²) < 4.78 is 48.4. The van der Waals surface area contributed by atoms with E-state index >= 15 is 0 Å². The molecule has 31 heavy (non-hydrogen) atoms. The number of amides is 1. The number of hydrogen-bond donors (Lipinski definition) is 1. The first-order valence-corrected chi connectivity index (χ1v) is 11.1. The third-order valence-electron chi connectivity index (χ3n) is 9.07. The summed E-state index contributed by atoms with van der Waals surface area (Å²) in [6, 6.07) is 1.13. The highest BCUT2D eigenvalue weighted by Crippen LogP contribution is 2.65. The number of carbonyl (C=O) groups is 2. The highest BCUT2D eigenvalue weighted by Gasteiger charge is 2.68. The van der Waals surface area contributed by atoms with Crippen LogP contribution in [0.25, 0.3) is 0 Å². The number of carbonyl (C=O) groups excluding carboxylic acids is 2. The Morgan fingerprint density at radius 3 is 2.55 bits per heavy atom. The number of ketones is 1. The van der Waals surface area contributed by atoms with Crippen LogP contribution in [0.1, 0.15) is 80.4 Å². The van der Waals surface area contributed by atoms with Crippen LogP contribution >= 0.6 is 0 Å². The quantitative estimate of drug-likeness (QED) is 0.620. The zero-order valence-electron chi connectivity index (χ0n) is 18.3. The average molecular weight is 435 g/mol. The molecular formula is C24H28F3NO3. The largest absolute Gasteiger partial charge is 0.486 e. The van der Waals surface area contributed by atoms with Gasteiger partial charge in [0.2, 0.25) is 0 Å². The van der Waals surface area contributed by atoms with E-state index in [1.165, 1.54) is 0 Å². The molecule has 0 unspecified atom stereocenters. The van der Waals surface area contributed by atoms with Gasteiger partial charge >= 0.3 is 6.18 Å². The Morgan fingerprint density at radius 2 is 1.87 bits per heavy atom. The summed E-state index contributed by atoms with van der Waals surface area (Å²) >= 11 is 0. The molecule has 1 aromatic carbocycles. The lowest BCUT2D eigenvalue weighted by Gasteiger charge is -2.65. The van der Waals surface area contributed by atoms with E-state index in [1.54, 1.807) is 0 Å². The molecule has 0 saturated heterocycles. The molecule has 2 heterocycles. The van der Waals surface area contributed by atoms with Gasteiger partial charge in [-0.3, -0.25) is 9.59 Å². The third-order valence-corrected chi connectivity index (χ3v) is 9.07. The Hall–Kier alpha value is -2.05. The van der Waals surface area contributed by atoms with E-state index in [2.05, 4.69) is 19.2 Å². The standard InChI is InChI=1S/C24H28F3NO3/c1-12-5-6-16-21(2,3)17(29)7-8-23(16)22(12,4)10-13-9-15(24(25,26)27)18-14(19(13)31-23)11-28-20(18)30/h9,12,16H,5-8,10-11H2,1-4H3,(H,28,30)/t12-,16-,22+,23-/m0/s1. The first kappa shape index (κ1) is 20.8. The fourth-order valence-electron chi connectivity index (χ4n) is 7.09. The summed E-state index contributed by atoms with van der Waals surface area (Å²) in [6.45, 7) is 8.29. The first-order valence-electron chi connectivity index (χ1n) is 11.1. The minimum atomic E-state index is -4.61. The molecule has 4 atom stereocenters. The molecule has 1 amide bonds. The molecular weight excluding hydrogens is 407 g/mol. The van der Waals surface area contributed by atoms with Gasteiger partial charge in [-0.25, -0.2) is 0 Å². The summed E-state index contributed by atoms with van der Waals surface area (Å²) in [5.74, 6) is 0.182. The fourth-order valence-corrected chi connectivity index (χ4v) is 7.09. The lowest BCUT2D eigenvalue weighted by Crippen LogP contribution is -2.69. The average Bonchev–Trinajstić information content (AvgIpc) is 3.05. The maximum atomic E-state index is 13.8. The summed E-state index contributed by atoms with van der Waals surface area (Å²) in [5, 5.41) is 2.56. The molecule has 0 radical (unpaired) electrons. The number of fused-ring (bicyclic) bond motifs is 3. The number of Topliss-reactive ketones (excluding diaryl/α,β-unsaturated/α-hetero) is 1. The zero-order chi connectivity index (χ0) is 22.6. The SMILES string of the molecule is C[C@H]1CC[C@H]2C(C)(C)C(=O)CC[C@]23Oc2c(cc(C(F)(F)F)c4c2CNC4=O)C[C@]13C. The van der Waals surface area contributed by atoms with E-state index in [-0.39, 0.29) is 29.7 Å². The Kier molecular flexibility index (Phi) is 4.06. The van der Waals surface area contributed by atoms with Gasteiger partial charge in [-0.05, 0) is 43.2 Å². The molecule has 0 bridgehead atoms. The van der Waals surface area contributed by atoms with Crippen molar-refractivity contribution in [3.05, 3.63) is 28.3 Å². The molecule has 2 saturated carbocycles. The van der Waals surface area contributed by atoms with Crippen molar-refractivity contribution in [1.82, 2.24) is 5.32 Å². The normalized spacial score (nSPS) is 36.0. The Labute approximate surface area is 179 Å². The summed E-state index contributed by atoms with van der Waals surface area (Å²) in [5.41, 5.74) is -1.92. The van der Waals surface area contributed by atoms with Crippen LogP contribution in [-0.4, -0.2) is 17.3 Å². The van der Waals surface area contributed by atoms with Gasteiger partial charge in [-0.15, -0.1) is 0 Å². The van der Waals surface area contributed by atoms with Crippen molar-refractivity contribution in [3.63, 3.8) is 0 Å². The smallest absolute Gasteiger partial charge is 0.417 e. The van der Waals surface area contributed by atoms with Crippen molar-refractivity contribution in [3.8, 4) is 5.75 Å². The summed E-state index contributed by atoms with van der Waals surface area (Å²) in [6.07, 6.45) is -1.43. The highest BCUT2D eigenvalue weighted by molar-refractivity contribution is 6.01. The van der Waals surface area contributed by atoms with Crippen molar-refractivity contribution < 1.29 is 27.5 Å². The second-order valence-corrected chi connectivity index (χ2v) is 10.7. The molecule has 2 fully saturated rings. The summed E-state index contributed by atoms with van der Waals surface area (Å²) in [7, 11) is 0. The molecule has 0 aromatic heterocycles. The minimum Gasteiger partial charge on any atom is -0.486 e. The molecule has 2 aliphatic carbocycles. The van der Waals surface area contributed by atoms with Crippen molar-refractivity contribution in [2.45, 2.75) is 78.1 Å². The van der Waals surface area contributed by atoms with Gasteiger partial charge in [0.05, 0.1) is 11.1 Å².